The van der Waals surface area contributed by atoms with Crippen molar-refractivity contribution in [2.75, 3.05) is 37.6 Å². The van der Waals surface area contributed by atoms with E-state index in [-0.39, 0.29) is 11.9 Å². The van der Waals surface area contributed by atoms with Crippen molar-refractivity contribution >= 4 is 23.3 Å². The number of rotatable bonds is 5. The molecule has 6 heteroatoms. The Hall–Kier alpha value is -2.11. The summed E-state index contributed by atoms with van der Waals surface area (Å²) in [5, 5.41) is 3.69. The molecule has 1 saturated heterocycles. The number of carbonyl (C=O) groups is 1. The number of piperazine rings is 1. The molecule has 0 radical (unpaired) electrons. The first-order chi connectivity index (χ1) is 12.5. The number of aromatic nitrogens is 1. The number of pyridine rings is 1. The molecule has 5 nitrogen and oxygen atoms in total. The van der Waals surface area contributed by atoms with E-state index in [4.69, 9.17) is 11.6 Å². The van der Waals surface area contributed by atoms with E-state index >= 15 is 0 Å². The Bertz CT molecular complexity index is 745. The second kappa shape index (κ2) is 8.52. The second-order valence-electron chi connectivity index (χ2n) is 6.81. The van der Waals surface area contributed by atoms with Crippen LogP contribution in [0.25, 0.3) is 0 Å². The largest absolute Gasteiger partial charge is 0.354 e. The van der Waals surface area contributed by atoms with E-state index in [1.165, 1.54) is 0 Å². The van der Waals surface area contributed by atoms with Crippen LogP contribution >= 0.6 is 11.6 Å². The van der Waals surface area contributed by atoms with Crippen LogP contribution < -0.4 is 10.2 Å². The number of benzene rings is 1. The highest BCUT2D eigenvalue weighted by atomic mass is 35.5. The predicted molar refractivity (Wildman–Crippen MR) is 106 cm³/mol. The van der Waals surface area contributed by atoms with Crippen LogP contribution in [-0.4, -0.2) is 54.6 Å². The molecule has 26 heavy (non-hydrogen) atoms. The van der Waals surface area contributed by atoms with Crippen molar-refractivity contribution in [2.24, 2.45) is 0 Å². The first-order valence-corrected chi connectivity index (χ1v) is 9.36. The van der Waals surface area contributed by atoms with Gasteiger partial charge in [0.1, 0.15) is 5.82 Å². The molecule has 0 saturated carbocycles. The van der Waals surface area contributed by atoms with Gasteiger partial charge in [-0.3, -0.25) is 9.69 Å². The maximum absolute atomic E-state index is 12.4. The van der Waals surface area contributed by atoms with Gasteiger partial charge in [0.15, 0.2) is 0 Å². The van der Waals surface area contributed by atoms with Gasteiger partial charge in [-0.25, -0.2) is 4.98 Å². The predicted octanol–water partition coefficient (Wildman–Crippen LogP) is 2.98. The highest BCUT2D eigenvalue weighted by Gasteiger charge is 2.20. The lowest BCUT2D eigenvalue weighted by Gasteiger charge is -2.36. The second-order valence-corrected chi connectivity index (χ2v) is 7.22. The van der Waals surface area contributed by atoms with Crippen molar-refractivity contribution < 1.29 is 4.79 Å². The van der Waals surface area contributed by atoms with E-state index in [2.05, 4.69) is 20.1 Å². The van der Waals surface area contributed by atoms with Gasteiger partial charge in [-0.05, 0) is 43.7 Å². The lowest BCUT2D eigenvalue weighted by molar-refractivity contribution is 0.0928. The van der Waals surface area contributed by atoms with Gasteiger partial charge >= 0.3 is 0 Å². The molecular weight excluding hydrogens is 348 g/mol. The molecule has 1 amide bonds. The average Bonchev–Trinajstić information content (AvgIpc) is 2.65. The number of hydrogen-bond donors (Lipinski definition) is 1. The summed E-state index contributed by atoms with van der Waals surface area (Å²) in [7, 11) is 0. The molecule has 1 aliphatic heterocycles. The number of aryl methyl sites for hydroxylation is 1. The van der Waals surface area contributed by atoms with Crippen molar-refractivity contribution in [3.8, 4) is 0 Å². The molecule has 3 rings (SSSR count). The summed E-state index contributed by atoms with van der Waals surface area (Å²) >= 11 is 6.12. The third-order valence-electron chi connectivity index (χ3n) is 4.69. The van der Waals surface area contributed by atoms with Gasteiger partial charge in [-0.1, -0.05) is 23.7 Å². The molecule has 1 unspecified atom stereocenters. The molecule has 2 aromatic rings. The minimum Gasteiger partial charge on any atom is -0.354 e. The zero-order chi connectivity index (χ0) is 18.5. The van der Waals surface area contributed by atoms with Crippen molar-refractivity contribution in [2.45, 2.75) is 19.9 Å². The Labute approximate surface area is 160 Å². The third-order valence-corrected chi connectivity index (χ3v) is 5.10. The number of anilines is 1. The third kappa shape index (κ3) is 4.74. The molecule has 1 aromatic carbocycles. The normalized spacial score (nSPS) is 16.3. The average molecular weight is 373 g/mol. The Morgan fingerprint density at radius 1 is 1.23 bits per heavy atom. The molecule has 1 fully saturated rings. The van der Waals surface area contributed by atoms with Crippen LogP contribution in [0.4, 0.5) is 5.82 Å². The van der Waals surface area contributed by atoms with Crippen LogP contribution in [0.3, 0.4) is 0 Å². The number of carbonyl (C=O) groups excluding carboxylic acids is 1. The fourth-order valence-corrected chi connectivity index (χ4v) is 3.36. The standard InChI is InChI=1S/C20H25ClN4O/c1-15-6-7-17(13-18(15)21)20(26)23-16(2)14-24-9-11-25(12-10-24)19-5-3-4-8-22-19/h3-8,13,16H,9-12,14H2,1-2H3,(H,23,26). The first kappa shape index (κ1) is 18.7. The van der Waals surface area contributed by atoms with E-state index < -0.39 is 0 Å². The van der Waals surface area contributed by atoms with Crippen LogP contribution in [0.15, 0.2) is 42.6 Å². The highest BCUT2D eigenvalue weighted by Crippen LogP contribution is 2.17. The maximum Gasteiger partial charge on any atom is 0.251 e. The zero-order valence-electron chi connectivity index (χ0n) is 15.3. The maximum atomic E-state index is 12.4. The topological polar surface area (TPSA) is 48.5 Å². The van der Waals surface area contributed by atoms with E-state index in [9.17, 15) is 4.79 Å². The van der Waals surface area contributed by atoms with Gasteiger partial charge in [-0.2, -0.15) is 0 Å². The van der Waals surface area contributed by atoms with Gasteiger partial charge in [0.25, 0.3) is 5.91 Å². The molecule has 1 atom stereocenters. The minimum atomic E-state index is -0.0773. The van der Waals surface area contributed by atoms with Crippen LogP contribution in [-0.2, 0) is 0 Å². The van der Waals surface area contributed by atoms with Gasteiger partial charge in [0.2, 0.25) is 0 Å². The summed E-state index contributed by atoms with van der Waals surface area (Å²) in [4.78, 5) is 21.5. The van der Waals surface area contributed by atoms with Crippen molar-refractivity contribution in [3.05, 3.63) is 58.7 Å². The highest BCUT2D eigenvalue weighted by molar-refractivity contribution is 6.31. The van der Waals surface area contributed by atoms with Gasteiger partial charge < -0.3 is 10.2 Å². The number of hydrogen-bond acceptors (Lipinski definition) is 4. The lowest BCUT2D eigenvalue weighted by Crippen LogP contribution is -2.51. The number of nitrogens with one attached hydrogen (secondary N) is 1. The fourth-order valence-electron chi connectivity index (χ4n) is 3.17. The summed E-state index contributed by atoms with van der Waals surface area (Å²) in [5.41, 5.74) is 1.58. The molecule has 0 spiro atoms. The van der Waals surface area contributed by atoms with Crippen molar-refractivity contribution in [3.63, 3.8) is 0 Å². The monoisotopic (exact) mass is 372 g/mol. The summed E-state index contributed by atoms with van der Waals surface area (Å²) in [6, 6.07) is 11.5. The summed E-state index contributed by atoms with van der Waals surface area (Å²) in [6.07, 6.45) is 1.83. The van der Waals surface area contributed by atoms with Crippen LogP contribution in [0.5, 0.6) is 0 Å². The van der Waals surface area contributed by atoms with E-state index in [1.807, 2.05) is 50.4 Å². The van der Waals surface area contributed by atoms with E-state index in [0.29, 0.717) is 10.6 Å². The SMILES string of the molecule is Cc1ccc(C(=O)NC(C)CN2CCN(c3ccccn3)CC2)cc1Cl. The van der Waals surface area contributed by atoms with Gasteiger partial charge in [0, 0.05) is 55.5 Å². The fraction of sp³-hybridized carbons (Fsp3) is 0.400. The van der Waals surface area contributed by atoms with Crippen LogP contribution in [0.1, 0.15) is 22.8 Å². The lowest BCUT2D eigenvalue weighted by atomic mass is 10.1. The number of halogens is 1. The minimum absolute atomic E-state index is 0.0731. The molecule has 1 aliphatic rings. The number of nitrogens with zero attached hydrogens (tertiary/aromatic N) is 3. The summed E-state index contributed by atoms with van der Waals surface area (Å²) in [5.74, 6) is 0.955. The first-order valence-electron chi connectivity index (χ1n) is 8.98. The summed E-state index contributed by atoms with van der Waals surface area (Å²) < 4.78 is 0. The van der Waals surface area contributed by atoms with E-state index in [0.717, 1.165) is 44.1 Å². The molecular formula is C20H25ClN4O. The zero-order valence-corrected chi connectivity index (χ0v) is 16.0. The molecule has 138 valence electrons. The molecule has 0 aliphatic carbocycles. The Morgan fingerprint density at radius 3 is 2.65 bits per heavy atom. The van der Waals surface area contributed by atoms with Crippen molar-refractivity contribution in [1.29, 1.82) is 0 Å². The summed E-state index contributed by atoms with van der Waals surface area (Å²) in [6.45, 7) is 8.63. The van der Waals surface area contributed by atoms with Gasteiger partial charge in [-0.15, -0.1) is 0 Å². The molecule has 2 heterocycles. The molecule has 1 aromatic heterocycles. The molecule has 1 N–H and O–H groups in total. The van der Waals surface area contributed by atoms with Gasteiger partial charge in [0.05, 0.1) is 0 Å². The molecule has 0 bridgehead atoms. The smallest absolute Gasteiger partial charge is 0.251 e. The Balaban J connectivity index is 1.47. The Kier molecular flexibility index (Phi) is 6.12. The number of amides is 1. The van der Waals surface area contributed by atoms with Crippen LogP contribution in [0, 0.1) is 6.92 Å². The van der Waals surface area contributed by atoms with E-state index in [1.54, 1.807) is 6.07 Å². The van der Waals surface area contributed by atoms with Crippen LogP contribution in [0.2, 0.25) is 5.02 Å². The quantitative estimate of drug-likeness (QED) is 0.876. The Morgan fingerprint density at radius 2 is 2.00 bits per heavy atom. The van der Waals surface area contributed by atoms with Crippen molar-refractivity contribution in [1.82, 2.24) is 15.2 Å².